The van der Waals surface area contributed by atoms with E-state index in [4.69, 9.17) is 18.0 Å². The van der Waals surface area contributed by atoms with Crippen molar-refractivity contribution in [2.75, 3.05) is 31.6 Å². The molecule has 0 aliphatic carbocycles. The standard InChI is InChI=1S/C24H26N6S/c1-29(23(31)13-25)17-18-4-2-5-20(12-18)22-15-27-24(28-16-22)30-10-7-19(8-11-30)21-6-3-9-26-14-21/h2-7,9,12,14-16H,8,10-11,13,17,25H2,1H3. The van der Waals surface area contributed by atoms with E-state index in [-0.39, 0.29) is 0 Å². The lowest BCUT2D eigenvalue weighted by Gasteiger charge is -2.26. The fourth-order valence-corrected chi connectivity index (χ4v) is 3.73. The number of benzene rings is 1. The SMILES string of the molecule is CN(Cc1cccc(-c2cnc(N3CC=C(c4cccnc4)CC3)nc2)c1)C(=S)CN. The Balaban J connectivity index is 1.44. The molecule has 0 bridgehead atoms. The molecule has 2 N–H and O–H groups in total. The fraction of sp³-hybridized carbons (Fsp3) is 0.250. The predicted molar refractivity (Wildman–Crippen MR) is 130 cm³/mol. The first-order chi connectivity index (χ1) is 15.1. The first-order valence-corrected chi connectivity index (χ1v) is 10.7. The average molecular weight is 431 g/mol. The van der Waals surface area contributed by atoms with Gasteiger partial charge in [0.05, 0.1) is 4.99 Å². The van der Waals surface area contributed by atoms with Crippen LogP contribution >= 0.6 is 12.2 Å². The van der Waals surface area contributed by atoms with Crippen molar-refractivity contribution in [2.45, 2.75) is 13.0 Å². The number of thiocarbonyl (C=S) groups is 1. The smallest absolute Gasteiger partial charge is 0.225 e. The van der Waals surface area contributed by atoms with Crippen LogP contribution in [0.3, 0.4) is 0 Å². The lowest BCUT2D eigenvalue weighted by atomic mass is 10.0. The molecule has 3 heterocycles. The summed E-state index contributed by atoms with van der Waals surface area (Å²) < 4.78 is 0. The Hall–Kier alpha value is -3.16. The van der Waals surface area contributed by atoms with Gasteiger partial charge in [0.15, 0.2) is 0 Å². The minimum atomic E-state index is 0.385. The molecule has 1 aliphatic rings. The summed E-state index contributed by atoms with van der Waals surface area (Å²) in [4.78, 5) is 18.4. The zero-order chi connectivity index (χ0) is 21.6. The third kappa shape index (κ3) is 5.13. The number of hydrogen-bond acceptors (Lipinski definition) is 6. The highest BCUT2D eigenvalue weighted by Gasteiger charge is 2.16. The molecule has 0 spiro atoms. The maximum atomic E-state index is 5.65. The second kappa shape index (κ2) is 9.76. The number of likely N-dealkylation sites (N-methyl/N-ethyl adjacent to an activating group) is 1. The van der Waals surface area contributed by atoms with E-state index < -0.39 is 0 Å². The summed E-state index contributed by atoms with van der Waals surface area (Å²) in [6.45, 7) is 2.80. The molecule has 0 fully saturated rings. The molecule has 0 radical (unpaired) electrons. The van der Waals surface area contributed by atoms with Crippen molar-refractivity contribution in [3.63, 3.8) is 0 Å². The molecule has 0 amide bonds. The topological polar surface area (TPSA) is 71.2 Å². The summed E-state index contributed by atoms with van der Waals surface area (Å²) in [5.41, 5.74) is 11.4. The first-order valence-electron chi connectivity index (χ1n) is 10.3. The summed E-state index contributed by atoms with van der Waals surface area (Å²) in [5, 5.41) is 0. The van der Waals surface area contributed by atoms with Crippen molar-refractivity contribution >= 4 is 28.7 Å². The molecule has 1 aliphatic heterocycles. The first kappa shape index (κ1) is 21.1. The van der Waals surface area contributed by atoms with E-state index >= 15 is 0 Å². The van der Waals surface area contributed by atoms with Gasteiger partial charge in [-0.15, -0.1) is 0 Å². The summed E-state index contributed by atoms with van der Waals surface area (Å²) in [6, 6.07) is 12.4. The molecule has 6 nitrogen and oxygen atoms in total. The van der Waals surface area contributed by atoms with Gasteiger partial charge in [-0.3, -0.25) is 4.98 Å². The highest BCUT2D eigenvalue weighted by Crippen LogP contribution is 2.25. The molecule has 4 rings (SSSR count). The predicted octanol–water partition coefficient (Wildman–Crippen LogP) is 3.55. The Morgan fingerprint density at radius 3 is 2.58 bits per heavy atom. The second-order valence-electron chi connectivity index (χ2n) is 7.59. The van der Waals surface area contributed by atoms with Gasteiger partial charge in [0.2, 0.25) is 5.95 Å². The van der Waals surface area contributed by atoms with E-state index in [1.54, 1.807) is 6.20 Å². The van der Waals surface area contributed by atoms with Crippen LogP contribution in [0.2, 0.25) is 0 Å². The van der Waals surface area contributed by atoms with Crippen LogP contribution in [0.5, 0.6) is 0 Å². The number of nitrogens with zero attached hydrogens (tertiary/aromatic N) is 5. The van der Waals surface area contributed by atoms with E-state index in [0.717, 1.165) is 48.1 Å². The van der Waals surface area contributed by atoms with Crippen LogP contribution in [0, 0.1) is 0 Å². The third-order valence-electron chi connectivity index (χ3n) is 5.44. The van der Waals surface area contributed by atoms with Gasteiger partial charge in [-0.05, 0) is 40.8 Å². The summed E-state index contributed by atoms with van der Waals surface area (Å²) in [5.74, 6) is 0.759. The maximum absolute atomic E-state index is 5.65. The minimum absolute atomic E-state index is 0.385. The molecule has 0 saturated heterocycles. The van der Waals surface area contributed by atoms with Crippen molar-refractivity contribution in [2.24, 2.45) is 5.73 Å². The summed E-state index contributed by atoms with van der Waals surface area (Å²) >= 11 is 5.28. The zero-order valence-corrected chi connectivity index (χ0v) is 18.4. The number of anilines is 1. The van der Waals surface area contributed by atoms with Gasteiger partial charge in [0.25, 0.3) is 0 Å². The Morgan fingerprint density at radius 2 is 1.90 bits per heavy atom. The lowest BCUT2D eigenvalue weighted by molar-refractivity contribution is 0.503. The van der Waals surface area contributed by atoms with E-state index in [1.165, 1.54) is 16.7 Å². The van der Waals surface area contributed by atoms with Crippen LogP contribution in [-0.2, 0) is 6.54 Å². The highest BCUT2D eigenvalue weighted by atomic mass is 32.1. The molecular formula is C24H26N6S. The molecule has 1 aromatic carbocycles. The van der Waals surface area contributed by atoms with Crippen molar-refractivity contribution < 1.29 is 0 Å². The van der Waals surface area contributed by atoms with E-state index in [2.05, 4.69) is 50.2 Å². The largest absolute Gasteiger partial charge is 0.364 e. The van der Waals surface area contributed by atoms with Gasteiger partial charge in [-0.1, -0.05) is 42.6 Å². The Labute approximate surface area is 188 Å². The highest BCUT2D eigenvalue weighted by molar-refractivity contribution is 7.80. The van der Waals surface area contributed by atoms with Gasteiger partial charge in [0, 0.05) is 63.6 Å². The van der Waals surface area contributed by atoms with Gasteiger partial charge in [0.1, 0.15) is 0 Å². The van der Waals surface area contributed by atoms with E-state index in [1.807, 2.05) is 42.7 Å². The van der Waals surface area contributed by atoms with E-state index in [0.29, 0.717) is 6.54 Å². The number of rotatable bonds is 6. The van der Waals surface area contributed by atoms with Crippen molar-refractivity contribution in [1.82, 2.24) is 19.9 Å². The van der Waals surface area contributed by atoms with E-state index in [9.17, 15) is 0 Å². The monoisotopic (exact) mass is 430 g/mol. The normalized spacial score (nSPS) is 13.6. The molecular weight excluding hydrogens is 404 g/mol. The molecule has 31 heavy (non-hydrogen) atoms. The number of hydrogen-bond donors (Lipinski definition) is 1. The number of aromatic nitrogens is 3. The van der Waals surface area contributed by atoms with Gasteiger partial charge >= 0.3 is 0 Å². The Morgan fingerprint density at radius 1 is 1.10 bits per heavy atom. The average Bonchev–Trinajstić information content (AvgIpc) is 2.84. The van der Waals surface area contributed by atoms with Crippen LogP contribution in [0.25, 0.3) is 16.7 Å². The molecule has 0 atom stereocenters. The van der Waals surface area contributed by atoms with Crippen molar-refractivity contribution in [3.8, 4) is 11.1 Å². The molecule has 2 aromatic heterocycles. The van der Waals surface area contributed by atoms with Crippen molar-refractivity contribution in [3.05, 3.63) is 78.4 Å². The second-order valence-corrected chi connectivity index (χ2v) is 8.06. The van der Waals surface area contributed by atoms with Gasteiger partial charge in [-0.2, -0.15) is 0 Å². The Bertz CT molecular complexity index is 1060. The third-order valence-corrected chi connectivity index (χ3v) is 5.92. The lowest BCUT2D eigenvalue weighted by Crippen LogP contribution is -2.30. The molecule has 0 unspecified atom stereocenters. The van der Waals surface area contributed by atoms with Crippen LogP contribution in [0.1, 0.15) is 17.5 Å². The van der Waals surface area contributed by atoms with Crippen molar-refractivity contribution in [1.29, 1.82) is 0 Å². The fourth-order valence-electron chi connectivity index (χ4n) is 3.67. The summed E-state index contributed by atoms with van der Waals surface area (Å²) in [6.07, 6.45) is 10.7. The Kier molecular flexibility index (Phi) is 6.64. The molecule has 3 aromatic rings. The number of nitrogens with two attached hydrogens (primary N) is 1. The maximum Gasteiger partial charge on any atom is 0.225 e. The zero-order valence-electron chi connectivity index (χ0n) is 17.6. The molecule has 0 saturated carbocycles. The molecule has 158 valence electrons. The molecule has 7 heteroatoms. The quantitative estimate of drug-likeness (QED) is 0.600. The van der Waals surface area contributed by atoms with Crippen LogP contribution < -0.4 is 10.6 Å². The minimum Gasteiger partial charge on any atom is -0.364 e. The van der Waals surface area contributed by atoms with Gasteiger partial charge < -0.3 is 15.5 Å². The van der Waals surface area contributed by atoms with Crippen LogP contribution in [-0.4, -0.2) is 51.5 Å². The van der Waals surface area contributed by atoms with Gasteiger partial charge in [-0.25, -0.2) is 9.97 Å². The van der Waals surface area contributed by atoms with Crippen LogP contribution in [0.4, 0.5) is 5.95 Å². The summed E-state index contributed by atoms with van der Waals surface area (Å²) in [7, 11) is 1.96. The number of pyridine rings is 1. The van der Waals surface area contributed by atoms with Crippen LogP contribution in [0.15, 0.2) is 67.3 Å².